The van der Waals surface area contributed by atoms with Crippen LogP contribution >= 0.6 is 69.6 Å². The van der Waals surface area contributed by atoms with Crippen LogP contribution in [0.15, 0.2) is 133 Å². The Morgan fingerprint density at radius 3 is 1.31 bits per heavy atom. The number of ether oxygens (including phenoxy) is 1. The number of halogens is 6. The highest BCUT2D eigenvalue weighted by atomic mass is 35.5. The summed E-state index contributed by atoms with van der Waals surface area (Å²) in [6.07, 6.45) is 3.87. The standard InChI is InChI=1S/C25H20Cl3NO.C18H17Cl3O.C7H5NO/c26-19-5-3-18(4-6-19)23-11-17(15-30-21-8-1-16(14-29)2-9-21)12-24(23)22-10-7-20(27)13-25(22)28;19-13-3-1-12(2-4-13)16-7-11(10-22)8-17(16)15-6-5-14(20)9-18(15)21;8-5-6-1-3-7(9)4-2-6/h1-10,13,17,23-24H,11-12,15H2;1-6,9,11,16-17,22H,7-8,10H2;1-4,9H/t17-,23-,24+;11?,16-,17+;/m11./s1. The van der Waals surface area contributed by atoms with Crippen LogP contribution in [0.5, 0.6) is 11.5 Å². The summed E-state index contributed by atoms with van der Waals surface area (Å²) in [5.74, 6) is 2.91. The predicted octanol–water partition coefficient (Wildman–Crippen LogP) is 15.1. The molecule has 0 spiro atoms. The van der Waals surface area contributed by atoms with Gasteiger partial charge in [-0.1, -0.05) is 106 Å². The second-order valence-corrected chi connectivity index (χ2v) is 17.9. The van der Waals surface area contributed by atoms with E-state index in [9.17, 15) is 5.11 Å². The van der Waals surface area contributed by atoms with Crippen LogP contribution in [0.3, 0.4) is 0 Å². The minimum atomic E-state index is 0.189. The van der Waals surface area contributed by atoms with E-state index in [1.54, 1.807) is 30.3 Å². The molecule has 0 aromatic heterocycles. The van der Waals surface area contributed by atoms with E-state index >= 15 is 0 Å². The predicted molar refractivity (Wildman–Crippen MR) is 249 cm³/mol. The van der Waals surface area contributed by atoms with Gasteiger partial charge in [-0.2, -0.15) is 10.5 Å². The molecule has 2 aliphatic carbocycles. The van der Waals surface area contributed by atoms with E-state index in [-0.39, 0.29) is 18.3 Å². The van der Waals surface area contributed by atoms with Crippen molar-refractivity contribution in [3.05, 3.63) is 197 Å². The maximum absolute atomic E-state index is 9.58. The minimum Gasteiger partial charge on any atom is -0.508 e. The van der Waals surface area contributed by atoms with E-state index in [1.165, 1.54) is 23.3 Å². The average Bonchev–Trinajstić information content (AvgIpc) is 3.89. The average molecular weight is 932 g/mol. The summed E-state index contributed by atoms with van der Waals surface area (Å²) in [4.78, 5) is 0. The lowest BCUT2D eigenvalue weighted by Gasteiger charge is -2.21. The third kappa shape index (κ3) is 12.6. The van der Waals surface area contributed by atoms with Crippen molar-refractivity contribution in [2.45, 2.75) is 49.4 Å². The molecule has 0 saturated heterocycles. The minimum absolute atomic E-state index is 0.189. The summed E-state index contributed by atoms with van der Waals surface area (Å²) in [6, 6.07) is 44.9. The molecule has 2 saturated carbocycles. The quantitative estimate of drug-likeness (QED) is 0.158. The number of aliphatic hydroxyl groups is 1. The fraction of sp³-hybridized carbons (Fsp3) is 0.240. The molecule has 2 N–H and O–H groups in total. The number of phenolic OH excluding ortho intramolecular Hbond substituents is 1. The third-order valence-electron chi connectivity index (χ3n) is 11.4. The highest BCUT2D eigenvalue weighted by Crippen LogP contribution is 2.52. The molecule has 6 atom stereocenters. The lowest BCUT2D eigenvalue weighted by atomic mass is 9.84. The summed E-state index contributed by atoms with van der Waals surface area (Å²) < 4.78 is 6.04. The smallest absolute Gasteiger partial charge is 0.119 e. The normalized spacial score (nSPS) is 20.3. The second-order valence-electron chi connectivity index (χ2n) is 15.3. The topological polar surface area (TPSA) is 97.3 Å². The molecule has 1 unspecified atom stereocenters. The number of aliphatic hydroxyl groups excluding tert-OH is 1. The second kappa shape index (κ2) is 22.1. The Labute approximate surface area is 387 Å². The van der Waals surface area contributed by atoms with Crippen molar-refractivity contribution in [3.8, 4) is 23.6 Å². The zero-order valence-electron chi connectivity index (χ0n) is 32.9. The first-order chi connectivity index (χ1) is 29.4. The van der Waals surface area contributed by atoms with Crippen LogP contribution in [0.25, 0.3) is 0 Å². The molecule has 5 nitrogen and oxygen atoms in total. The lowest BCUT2D eigenvalue weighted by Crippen LogP contribution is -2.09. The van der Waals surface area contributed by atoms with Crippen LogP contribution in [-0.4, -0.2) is 23.4 Å². The highest BCUT2D eigenvalue weighted by molar-refractivity contribution is 6.35. The van der Waals surface area contributed by atoms with Gasteiger partial charge in [-0.3, -0.25) is 0 Å². The number of nitrogens with zero attached hydrogens (tertiary/aromatic N) is 2. The number of aromatic hydroxyl groups is 1. The van der Waals surface area contributed by atoms with Crippen molar-refractivity contribution in [2.24, 2.45) is 11.8 Å². The molecule has 0 bridgehead atoms. The van der Waals surface area contributed by atoms with Gasteiger partial charge in [0.25, 0.3) is 0 Å². The Bertz CT molecular complexity index is 2450. The number of hydrogen-bond acceptors (Lipinski definition) is 5. The summed E-state index contributed by atoms with van der Waals surface area (Å²) in [7, 11) is 0. The van der Waals surface area contributed by atoms with E-state index in [0.717, 1.165) is 52.6 Å². The summed E-state index contributed by atoms with van der Waals surface area (Å²) in [5, 5.41) is 39.7. The van der Waals surface area contributed by atoms with Crippen LogP contribution < -0.4 is 4.74 Å². The molecule has 0 aliphatic heterocycles. The SMILES string of the molecule is N#Cc1ccc(O)cc1.N#Cc1ccc(OC[C@@H]2C[C@H](c3ccc(Cl)cc3)[C@H](c3ccc(Cl)cc3Cl)C2)cc1.OCC1C[C@H](c2ccc(Cl)cc2)[C@H](c2ccc(Cl)cc2Cl)C1. The lowest BCUT2D eigenvalue weighted by molar-refractivity contribution is 0.228. The van der Waals surface area contributed by atoms with Gasteiger partial charge in [-0.05, 0) is 181 Å². The molecular weight excluding hydrogens is 889 g/mol. The van der Waals surface area contributed by atoms with Gasteiger partial charge < -0.3 is 14.9 Å². The van der Waals surface area contributed by atoms with Gasteiger partial charge in [0.1, 0.15) is 11.5 Å². The molecule has 0 amide bonds. The molecule has 2 aliphatic rings. The number of nitriles is 2. The van der Waals surface area contributed by atoms with Crippen LogP contribution in [-0.2, 0) is 0 Å². The van der Waals surface area contributed by atoms with Gasteiger partial charge in [-0.25, -0.2) is 0 Å². The fourth-order valence-electron chi connectivity index (χ4n) is 8.40. The number of hydrogen-bond donors (Lipinski definition) is 2. The summed E-state index contributed by atoms with van der Waals surface area (Å²) in [5.41, 5.74) is 5.94. The first-order valence-electron chi connectivity index (χ1n) is 19.8. The molecule has 2 fully saturated rings. The maximum atomic E-state index is 9.58. The van der Waals surface area contributed by atoms with Gasteiger partial charge >= 0.3 is 0 Å². The van der Waals surface area contributed by atoms with Crippen LogP contribution in [0.1, 0.15) is 82.7 Å². The highest BCUT2D eigenvalue weighted by Gasteiger charge is 2.38. The molecule has 0 heterocycles. The summed E-state index contributed by atoms with van der Waals surface area (Å²) in [6.45, 7) is 0.837. The van der Waals surface area contributed by atoms with Gasteiger partial charge in [-0.15, -0.1) is 0 Å². The van der Waals surface area contributed by atoms with Gasteiger partial charge in [0.15, 0.2) is 0 Å². The van der Waals surface area contributed by atoms with E-state index in [2.05, 4.69) is 30.3 Å². The monoisotopic (exact) mass is 928 g/mol. The van der Waals surface area contributed by atoms with E-state index < -0.39 is 0 Å². The zero-order chi connectivity index (χ0) is 43.5. The molecule has 61 heavy (non-hydrogen) atoms. The Morgan fingerprint density at radius 1 is 0.492 bits per heavy atom. The van der Waals surface area contributed by atoms with Crippen molar-refractivity contribution >= 4 is 69.6 Å². The van der Waals surface area contributed by atoms with Crippen LogP contribution in [0.4, 0.5) is 0 Å². The summed E-state index contributed by atoms with van der Waals surface area (Å²) >= 11 is 37.2. The van der Waals surface area contributed by atoms with Crippen molar-refractivity contribution in [2.75, 3.05) is 13.2 Å². The third-order valence-corrected chi connectivity index (χ3v) is 13.0. The first-order valence-corrected chi connectivity index (χ1v) is 22.0. The van der Waals surface area contributed by atoms with Crippen molar-refractivity contribution in [1.29, 1.82) is 10.5 Å². The Morgan fingerprint density at radius 2 is 0.885 bits per heavy atom. The molecular formula is C50H42Cl6N2O3. The molecule has 312 valence electrons. The van der Waals surface area contributed by atoms with Gasteiger partial charge in [0.05, 0.1) is 29.9 Å². The molecule has 6 aromatic carbocycles. The van der Waals surface area contributed by atoms with E-state index in [1.807, 2.05) is 72.8 Å². The largest absolute Gasteiger partial charge is 0.508 e. The molecule has 11 heteroatoms. The number of benzene rings is 6. The van der Waals surface area contributed by atoms with Gasteiger partial charge in [0, 0.05) is 36.7 Å². The molecule has 8 rings (SSSR count). The van der Waals surface area contributed by atoms with Crippen LogP contribution in [0.2, 0.25) is 30.1 Å². The Kier molecular flexibility index (Phi) is 16.7. The van der Waals surface area contributed by atoms with E-state index in [4.69, 9.17) is 90.0 Å². The Hall–Kier alpha value is -4.40. The number of phenols is 1. The Balaban J connectivity index is 0.000000175. The van der Waals surface area contributed by atoms with Gasteiger partial charge in [0.2, 0.25) is 0 Å². The zero-order valence-corrected chi connectivity index (χ0v) is 37.4. The van der Waals surface area contributed by atoms with Crippen molar-refractivity contribution < 1.29 is 14.9 Å². The first kappa shape index (κ1) is 46.1. The molecule has 0 radical (unpaired) electrons. The van der Waals surface area contributed by atoms with Crippen molar-refractivity contribution in [1.82, 2.24) is 0 Å². The number of rotatable bonds is 8. The fourth-order valence-corrected chi connectivity index (χ4v) is 9.74. The van der Waals surface area contributed by atoms with Crippen molar-refractivity contribution in [3.63, 3.8) is 0 Å². The maximum Gasteiger partial charge on any atom is 0.119 e. The van der Waals surface area contributed by atoms with Crippen LogP contribution in [0, 0.1) is 34.5 Å². The van der Waals surface area contributed by atoms with E-state index in [0.29, 0.717) is 67.4 Å². The molecule has 6 aromatic rings.